The lowest BCUT2D eigenvalue weighted by Crippen LogP contribution is -2.29. The maximum absolute atomic E-state index is 12.1. The zero-order chi connectivity index (χ0) is 13.1. The maximum Gasteiger partial charge on any atom is 0.261 e. The summed E-state index contributed by atoms with van der Waals surface area (Å²) in [7, 11) is 0. The van der Waals surface area contributed by atoms with Crippen LogP contribution in [0.1, 0.15) is 26.5 Å². The van der Waals surface area contributed by atoms with Crippen LogP contribution < -0.4 is 10.6 Å². The minimum Gasteiger partial charge on any atom is -0.376 e. The minimum atomic E-state index is 0.0406. The van der Waals surface area contributed by atoms with Crippen LogP contribution in [0, 0.1) is 0 Å². The van der Waals surface area contributed by atoms with Gasteiger partial charge < -0.3 is 15.4 Å². The van der Waals surface area contributed by atoms with Crippen LogP contribution in [0.2, 0.25) is 0 Å². The van der Waals surface area contributed by atoms with E-state index in [9.17, 15) is 4.79 Å². The predicted molar refractivity (Wildman–Crippen MR) is 75.6 cm³/mol. The van der Waals surface area contributed by atoms with Crippen LogP contribution >= 0.6 is 11.3 Å². The SMILES string of the molecule is O=C(NCC1=CCNCC1)c1cc2c(s1)CCOC2. The lowest BCUT2D eigenvalue weighted by molar-refractivity contribution is 0.0960. The van der Waals surface area contributed by atoms with Crippen molar-refractivity contribution in [1.82, 2.24) is 10.6 Å². The van der Waals surface area contributed by atoms with Crippen LogP contribution in [0.25, 0.3) is 0 Å². The number of hydrogen-bond acceptors (Lipinski definition) is 4. The lowest BCUT2D eigenvalue weighted by atomic mass is 10.1. The second kappa shape index (κ2) is 5.86. The highest BCUT2D eigenvalue weighted by Gasteiger charge is 2.17. The summed E-state index contributed by atoms with van der Waals surface area (Å²) in [6.45, 7) is 4.01. The molecule has 102 valence electrons. The Morgan fingerprint density at radius 2 is 2.42 bits per heavy atom. The van der Waals surface area contributed by atoms with Crippen molar-refractivity contribution in [2.75, 3.05) is 26.2 Å². The Kier molecular flexibility index (Phi) is 3.96. The Morgan fingerprint density at radius 3 is 3.21 bits per heavy atom. The molecule has 3 rings (SSSR count). The average molecular weight is 278 g/mol. The molecule has 1 aromatic rings. The first-order valence-corrected chi connectivity index (χ1v) is 7.51. The number of ether oxygens (including phenoxy) is 1. The number of carbonyl (C=O) groups excluding carboxylic acids is 1. The van der Waals surface area contributed by atoms with Gasteiger partial charge in [-0.1, -0.05) is 11.6 Å². The maximum atomic E-state index is 12.1. The zero-order valence-corrected chi connectivity index (χ0v) is 11.6. The van der Waals surface area contributed by atoms with Gasteiger partial charge in [0.2, 0.25) is 0 Å². The molecule has 4 nitrogen and oxygen atoms in total. The van der Waals surface area contributed by atoms with Crippen molar-refractivity contribution in [3.05, 3.63) is 33.0 Å². The van der Waals surface area contributed by atoms with Gasteiger partial charge in [-0.2, -0.15) is 0 Å². The standard InChI is InChI=1S/C14H18N2O2S/c17-14(16-8-10-1-4-15-5-2-10)13-7-11-9-18-6-3-12(11)19-13/h1,7,15H,2-6,8-9H2,(H,16,17). The largest absolute Gasteiger partial charge is 0.376 e. The summed E-state index contributed by atoms with van der Waals surface area (Å²) < 4.78 is 5.40. The molecule has 0 saturated carbocycles. The Morgan fingerprint density at radius 1 is 1.47 bits per heavy atom. The van der Waals surface area contributed by atoms with E-state index in [0.29, 0.717) is 13.2 Å². The third-order valence-electron chi connectivity index (χ3n) is 3.49. The second-order valence-electron chi connectivity index (χ2n) is 4.86. The van der Waals surface area contributed by atoms with Gasteiger partial charge in [-0.05, 0) is 24.6 Å². The van der Waals surface area contributed by atoms with E-state index >= 15 is 0 Å². The molecule has 1 aromatic heterocycles. The van der Waals surface area contributed by atoms with E-state index in [1.807, 2.05) is 6.07 Å². The van der Waals surface area contributed by atoms with Gasteiger partial charge in [-0.25, -0.2) is 0 Å². The highest BCUT2D eigenvalue weighted by atomic mass is 32.1. The number of nitrogens with one attached hydrogen (secondary N) is 2. The fourth-order valence-corrected chi connectivity index (χ4v) is 3.44. The highest BCUT2D eigenvalue weighted by molar-refractivity contribution is 7.14. The van der Waals surface area contributed by atoms with Gasteiger partial charge in [0.05, 0.1) is 18.1 Å². The number of fused-ring (bicyclic) bond motifs is 1. The summed E-state index contributed by atoms with van der Waals surface area (Å²) in [5, 5.41) is 6.28. The first-order chi connectivity index (χ1) is 9.33. The van der Waals surface area contributed by atoms with Crippen molar-refractivity contribution in [3.8, 4) is 0 Å². The molecule has 0 radical (unpaired) electrons. The first kappa shape index (κ1) is 12.8. The van der Waals surface area contributed by atoms with Gasteiger partial charge in [0.25, 0.3) is 5.91 Å². The molecule has 0 spiro atoms. The number of thiophene rings is 1. The van der Waals surface area contributed by atoms with Gasteiger partial charge in [-0.15, -0.1) is 11.3 Å². The number of rotatable bonds is 3. The molecule has 0 fully saturated rings. The van der Waals surface area contributed by atoms with Gasteiger partial charge in [0.15, 0.2) is 0 Å². The summed E-state index contributed by atoms with van der Waals surface area (Å²) in [5.74, 6) is 0.0406. The monoisotopic (exact) mass is 278 g/mol. The fraction of sp³-hybridized carbons (Fsp3) is 0.500. The van der Waals surface area contributed by atoms with Crippen molar-refractivity contribution >= 4 is 17.2 Å². The molecule has 0 bridgehead atoms. The van der Waals surface area contributed by atoms with E-state index in [2.05, 4.69) is 16.7 Å². The molecule has 2 aliphatic rings. The molecule has 2 aliphatic heterocycles. The molecular formula is C14H18N2O2S. The van der Waals surface area contributed by atoms with Crippen LogP contribution in [0.15, 0.2) is 17.7 Å². The van der Waals surface area contributed by atoms with Crippen molar-refractivity contribution in [2.24, 2.45) is 0 Å². The third-order valence-corrected chi connectivity index (χ3v) is 4.72. The summed E-state index contributed by atoms with van der Waals surface area (Å²) in [6.07, 6.45) is 4.12. The van der Waals surface area contributed by atoms with Gasteiger partial charge in [0.1, 0.15) is 0 Å². The molecule has 3 heterocycles. The fourth-order valence-electron chi connectivity index (χ4n) is 2.37. The zero-order valence-electron chi connectivity index (χ0n) is 10.8. The Labute approximate surface area is 116 Å². The van der Waals surface area contributed by atoms with Gasteiger partial charge >= 0.3 is 0 Å². The molecule has 0 atom stereocenters. The Balaban J connectivity index is 1.60. The summed E-state index contributed by atoms with van der Waals surface area (Å²) in [6, 6.07) is 1.98. The van der Waals surface area contributed by atoms with Gasteiger partial charge in [0, 0.05) is 24.4 Å². The molecule has 0 aliphatic carbocycles. The van der Waals surface area contributed by atoms with Gasteiger partial charge in [-0.3, -0.25) is 4.79 Å². The van der Waals surface area contributed by atoms with Crippen LogP contribution in [0.5, 0.6) is 0 Å². The summed E-state index contributed by atoms with van der Waals surface area (Å²) in [5.41, 5.74) is 2.50. The van der Waals surface area contributed by atoms with E-state index in [4.69, 9.17) is 4.74 Å². The van der Waals surface area contributed by atoms with Crippen molar-refractivity contribution in [3.63, 3.8) is 0 Å². The Bertz CT molecular complexity index is 484. The van der Waals surface area contributed by atoms with Crippen LogP contribution in [-0.4, -0.2) is 32.1 Å². The molecule has 2 N–H and O–H groups in total. The number of amides is 1. The van der Waals surface area contributed by atoms with Crippen molar-refractivity contribution < 1.29 is 9.53 Å². The molecule has 0 aromatic carbocycles. The van der Waals surface area contributed by atoms with E-state index in [0.717, 1.165) is 37.4 Å². The van der Waals surface area contributed by atoms with Crippen LogP contribution in [0.4, 0.5) is 0 Å². The summed E-state index contributed by atoms with van der Waals surface area (Å²) in [4.78, 5) is 14.2. The van der Waals surface area contributed by atoms with Crippen LogP contribution in [0.3, 0.4) is 0 Å². The quantitative estimate of drug-likeness (QED) is 0.823. The molecule has 0 unspecified atom stereocenters. The number of hydrogen-bond donors (Lipinski definition) is 2. The molecule has 19 heavy (non-hydrogen) atoms. The predicted octanol–water partition coefficient (Wildman–Crippen LogP) is 1.47. The number of carbonyl (C=O) groups is 1. The van der Waals surface area contributed by atoms with E-state index in [-0.39, 0.29) is 5.91 Å². The Hall–Kier alpha value is -1.17. The molecule has 1 amide bonds. The normalized spacial score (nSPS) is 18.6. The van der Waals surface area contributed by atoms with E-state index in [1.54, 1.807) is 11.3 Å². The van der Waals surface area contributed by atoms with Crippen molar-refractivity contribution in [2.45, 2.75) is 19.4 Å². The first-order valence-electron chi connectivity index (χ1n) is 6.69. The van der Waals surface area contributed by atoms with E-state index < -0.39 is 0 Å². The van der Waals surface area contributed by atoms with Crippen LogP contribution in [-0.2, 0) is 17.8 Å². The average Bonchev–Trinajstić information content (AvgIpc) is 2.90. The molecule has 0 saturated heterocycles. The molecular weight excluding hydrogens is 260 g/mol. The second-order valence-corrected chi connectivity index (χ2v) is 6.00. The smallest absolute Gasteiger partial charge is 0.261 e. The molecule has 5 heteroatoms. The summed E-state index contributed by atoms with van der Waals surface area (Å²) >= 11 is 1.61. The minimum absolute atomic E-state index is 0.0406. The highest BCUT2D eigenvalue weighted by Crippen LogP contribution is 2.26. The lowest BCUT2D eigenvalue weighted by Gasteiger charge is -2.14. The van der Waals surface area contributed by atoms with E-state index in [1.165, 1.54) is 16.0 Å². The van der Waals surface area contributed by atoms with Crippen molar-refractivity contribution in [1.29, 1.82) is 0 Å². The topological polar surface area (TPSA) is 50.4 Å². The third kappa shape index (κ3) is 3.05.